The molecule has 0 unspecified atom stereocenters. The Bertz CT molecular complexity index is 1160. The molecule has 0 bridgehead atoms. The van der Waals surface area contributed by atoms with E-state index in [1.54, 1.807) is 6.20 Å². The molecule has 30 heavy (non-hydrogen) atoms. The summed E-state index contributed by atoms with van der Waals surface area (Å²) in [4.78, 5) is 11.3. The van der Waals surface area contributed by atoms with Crippen molar-refractivity contribution < 1.29 is 0 Å². The van der Waals surface area contributed by atoms with Crippen LogP contribution in [0, 0.1) is 0 Å². The third-order valence-corrected chi connectivity index (χ3v) is 5.71. The molecule has 4 aromatic rings. The molecule has 5 nitrogen and oxygen atoms in total. The standard InChI is InChI=1S/C23H18ClN5S/c24-16-11-12-20(26-15-16)28-14-6-10-19(28)22-21(18-9-4-5-13-25-18)27-23(30)29(22)17-7-2-1-3-8-17/h1-15,21-22H,(H,27,30)/t21-,22+/m0/s1. The minimum absolute atomic E-state index is 0.109. The SMILES string of the molecule is S=C1N[C@@H](c2ccccn2)[C@@H](c2cccn2-c2ccc(Cl)cn2)N1c1ccccc1. The van der Waals surface area contributed by atoms with Gasteiger partial charge in [-0.2, -0.15) is 0 Å². The minimum Gasteiger partial charge on any atom is -0.351 e. The van der Waals surface area contributed by atoms with Crippen LogP contribution in [0.15, 0.2) is 91.4 Å². The Labute approximate surface area is 185 Å². The van der Waals surface area contributed by atoms with Crippen molar-refractivity contribution in [1.29, 1.82) is 0 Å². The molecular formula is C23H18ClN5S. The maximum atomic E-state index is 6.05. The maximum Gasteiger partial charge on any atom is 0.174 e. The largest absolute Gasteiger partial charge is 0.351 e. The Morgan fingerprint density at radius 3 is 2.47 bits per heavy atom. The summed E-state index contributed by atoms with van der Waals surface area (Å²) in [6, 6.07) is 23.8. The van der Waals surface area contributed by atoms with Gasteiger partial charge >= 0.3 is 0 Å². The van der Waals surface area contributed by atoms with Gasteiger partial charge in [-0.15, -0.1) is 0 Å². The fourth-order valence-corrected chi connectivity index (χ4v) is 4.33. The van der Waals surface area contributed by atoms with Crippen LogP contribution >= 0.6 is 23.8 Å². The summed E-state index contributed by atoms with van der Waals surface area (Å²) in [5, 5.41) is 4.76. The van der Waals surface area contributed by atoms with Crippen molar-refractivity contribution in [3.05, 3.63) is 108 Å². The predicted molar refractivity (Wildman–Crippen MR) is 123 cm³/mol. The van der Waals surface area contributed by atoms with Gasteiger partial charge in [0.1, 0.15) is 11.9 Å². The van der Waals surface area contributed by atoms with Crippen LogP contribution in [0.1, 0.15) is 23.5 Å². The molecule has 1 fully saturated rings. The van der Waals surface area contributed by atoms with Crippen molar-refractivity contribution in [2.75, 3.05) is 4.90 Å². The van der Waals surface area contributed by atoms with Gasteiger partial charge in [-0.3, -0.25) is 4.98 Å². The minimum atomic E-state index is -0.111. The van der Waals surface area contributed by atoms with Crippen LogP contribution in [0.2, 0.25) is 5.02 Å². The summed E-state index contributed by atoms with van der Waals surface area (Å²) < 4.78 is 2.07. The molecule has 0 amide bonds. The van der Waals surface area contributed by atoms with Gasteiger partial charge in [0.15, 0.2) is 5.11 Å². The number of thiocarbonyl (C=S) groups is 1. The number of benzene rings is 1. The van der Waals surface area contributed by atoms with Gasteiger partial charge in [0.25, 0.3) is 0 Å². The highest BCUT2D eigenvalue weighted by molar-refractivity contribution is 7.80. The van der Waals surface area contributed by atoms with E-state index in [1.165, 1.54) is 0 Å². The van der Waals surface area contributed by atoms with Crippen molar-refractivity contribution in [2.24, 2.45) is 0 Å². The summed E-state index contributed by atoms with van der Waals surface area (Å²) in [6.45, 7) is 0. The van der Waals surface area contributed by atoms with E-state index >= 15 is 0 Å². The number of rotatable bonds is 4. The van der Waals surface area contributed by atoms with E-state index in [9.17, 15) is 0 Å². The molecule has 1 aliphatic rings. The Balaban J connectivity index is 1.66. The van der Waals surface area contributed by atoms with E-state index in [0.717, 1.165) is 22.9 Å². The van der Waals surface area contributed by atoms with E-state index in [1.807, 2.05) is 67.0 Å². The van der Waals surface area contributed by atoms with Crippen LogP contribution in [0.5, 0.6) is 0 Å². The third-order valence-electron chi connectivity index (χ3n) is 5.17. The topological polar surface area (TPSA) is 46.0 Å². The van der Waals surface area contributed by atoms with Crippen molar-refractivity contribution >= 4 is 34.6 Å². The molecule has 7 heteroatoms. The van der Waals surface area contributed by atoms with Crippen molar-refractivity contribution in [2.45, 2.75) is 12.1 Å². The van der Waals surface area contributed by atoms with Gasteiger partial charge in [0, 0.05) is 30.0 Å². The second-order valence-corrected chi connectivity index (χ2v) is 7.79. The molecule has 0 spiro atoms. The molecule has 1 aliphatic heterocycles. The number of pyridine rings is 2. The molecule has 0 saturated carbocycles. The number of nitrogens with one attached hydrogen (secondary N) is 1. The van der Waals surface area contributed by atoms with Crippen LogP contribution in [0.4, 0.5) is 5.69 Å². The molecule has 148 valence electrons. The van der Waals surface area contributed by atoms with E-state index in [0.29, 0.717) is 10.1 Å². The first kappa shape index (κ1) is 18.8. The third kappa shape index (κ3) is 3.34. The van der Waals surface area contributed by atoms with Crippen molar-refractivity contribution in [1.82, 2.24) is 19.9 Å². The predicted octanol–water partition coefficient (Wildman–Crippen LogP) is 5.10. The molecule has 5 rings (SSSR count). The fourth-order valence-electron chi connectivity index (χ4n) is 3.88. The van der Waals surface area contributed by atoms with Crippen molar-refractivity contribution in [3.8, 4) is 5.82 Å². The number of aromatic nitrogens is 3. The van der Waals surface area contributed by atoms with E-state index in [4.69, 9.17) is 23.8 Å². The first-order chi connectivity index (χ1) is 14.7. The zero-order valence-corrected chi connectivity index (χ0v) is 17.5. The summed E-state index contributed by atoms with van der Waals surface area (Å²) in [6.07, 6.45) is 5.47. The van der Waals surface area contributed by atoms with Crippen LogP contribution in [0.3, 0.4) is 0 Å². The molecule has 0 radical (unpaired) electrons. The van der Waals surface area contributed by atoms with Gasteiger partial charge in [0.05, 0.1) is 16.8 Å². The molecule has 1 aromatic carbocycles. The number of hydrogen-bond donors (Lipinski definition) is 1. The van der Waals surface area contributed by atoms with Crippen LogP contribution < -0.4 is 10.2 Å². The quantitative estimate of drug-likeness (QED) is 0.455. The highest BCUT2D eigenvalue weighted by Crippen LogP contribution is 2.41. The summed E-state index contributed by atoms with van der Waals surface area (Å²) in [7, 11) is 0. The lowest BCUT2D eigenvalue weighted by Crippen LogP contribution is -2.30. The maximum absolute atomic E-state index is 6.05. The summed E-state index contributed by atoms with van der Waals surface area (Å²) in [5.41, 5.74) is 3.01. The van der Waals surface area contributed by atoms with Crippen LogP contribution in [0.25, 0.3) is 5.82 Å². The van der Waals surface area contributed by atoms with Gasteiger partial charge < -0.3 is 14.8 Å². The van der Waals surface area contributed by atoms with Crippen LogP contribution in [-0.2, 0) is 0 Å². The highest BCUT2D eigenvalue weighted by Gasteiger charge is 2.42. The van der Waals surface area contributed by atoms with Gasteiger partial charge in [-0.25, -0.2) is 4.98 Å². The number of anilines is 1. The summed E-state index contributed by atoms with van der Waals surface area (Å²) >= 11 is 11.8. The zero-order valence-electron chi connectivity index (χ0n) is 15.9. The number of hydrogen-bond acceptors (Lipinski definition) is 3. The molecule has 2 atom stereocenters. The molecule has 1 N–H and O–H groups in total. The summed E-state index contributed by atoms with van der Waals surface area (Å²) in [5.74, 6) is 0.796. The van der Waals surface area contributed by atoms with E-state index < -0.39 is 0 Å². The average molecular weight is 432 g/mol. The second-order valence-electron chi connectivity index (χ2n) is 6.97. The lowest BCUT2D eigenvalue weighted by molar-refractivity contribution is 0.548. The van der Waals surface area contributed by atoms with E-state index in [-0.39, 0.29) is 12.1 Å². The van der Waals surface area contributed by atoms with Gasteiger partial charge in [0.2, 0.25) is 0 Å². The number of para-hydroxylation sites is 1. The zero-order chi connectivity index (χ0) is 20.5. The highest BCUT2D eigenvalue weighted by atomic mass is 35.5. The average Bonchev–Trinajstić information content (AvgIpc) is 3.40. The second kappa shape index (κ2) is 7.89. The first-order valence-corrected chi connectivity index (χ1v) is 10.4. The monoisotopic (exact) mass is 431 g/mol. The lowest BCUT2D eigenvalue weighted by atomic mass is 10.0. The fraction of sp³-hybridized carbons (Fsp3) is 0.0870. The van der Waals surface area contributed by atoms with Gasteiger partial charge in [-0.1, -0.05) is 35.9 Å². The Hall–Kier alpha value is -3.22. The molecule has 1 saturated heterocycles. The van der Waals surface area contributed by atoms with Crippen LogP contribution in [-0.4, -0.2) is 19.6 Å². The Morgan fingerprint density at radius 2 is 1.73 bits per heavy atom. The Kier molecular flexibility index (Phi) is 4.94. The van der Waals surface area contributed by atoms with Gasteiger partial charge in [-0.05, 0) is 60.7 Å². The molecule has 0 aliphatic carbocycles. The van der Waals surface area contributed by atoms with Crippen molar-refractivity contribution in [3.63, 3.8) is 0 Å². The Morgan fingerprint density at radius 1 is 0.900 bits per heavy atom. The number of halogens is 1. The first-order valence-electron chi connectivity index (χ1n) is 9.57. The lowest BCUT2D eigenvalue weighted by Gasteiger charge is -2.28. The molecule has 4 heterocycles. The van der Waals surface area contributed by atoms with E-state index in [2.05, 4.69) is 43.0 Å². The normalized spacial score (nSPS) is 18.4. The molecular weight excluding hydrogens is 414 g/mol. The smallest absolute Gasteiger partial charge is 0.174 e. The molecule has 3 aromatic heterocycles. The number of nitrogens with zero attached hydrogens (tertiary/aromatic N) is 4.